The lowest BCUT2D eigenvalue weighted by Gasteiger charge is -2.32. The Labute approximate surface area is 122 Å². The van der Waals surface area contributed by atoms with Crippen molar-refractivity contribution >= 4 is 21.6 Å². The second kappa shape index (κ2) is 6.38. The number of benzene rings is 1. The van der Waals surface area contributed by atoms with Crippen LogP contribution in [0.15, 0.2) is 22.7 Å². The maximum atomic E-state index is 8.95. The maximum Gasteiger partial charge on any atom is 0.161 e. The lowest BCUT2D eigenvalue weighted by Crippen LogP contribution is -2.42. The van der Waals surface area contributed by atoms with Gasteiger partial charge < -0.3 is 15.0 Å². The third-order valence-corrected chi connectivity index (χ3v) is 4.09. The van der Waals surface area contributed by atoms with Crippen LogP contribution in [0.2, 0.25) is 0 Å². The first-order valence-electron chi connectivity index (χ1n) is 6.38. The minimum Gasteiger partial charge on any atom is -0.365 e. The summed E-state index contributed by atoms with van der Waals surface area (Å²) in [5.41, 5.74) is 2.36. The van der Waals surface area contributed by atoms with Crippen LogP contribution in [0.4, 0.5) is 5.69 Å². The van der Waals surface area contributed by atoms with Gasteiger partial charge in [0, 0.05) is 17.1 Å². The van der Waals surface area contributed by atoms with Crippen molar-refractivity contribution in [2.45, 2.75) is 19.1 Å². The van der Waals surface area contributed by atoms with E-state index in [1.165, 1.54) is 5.56 Å². The minimum absolute atomic E-state index is 0.321. The van der Waals surface area contributed by atoms with E-state index < -0.39 is 0 Å². The molecule has 19 heavy (non-hydrogen) atoms. The van der Waals surface area contributed by atoms with Crippen LogP contribution in [0, 0.1) is 11.3 Å². The third kappa shape index (κ3) is 3.27. The van der Waals surface area contributed by atoms with Crippen molar-refractivity contribution in [1.82, 2.24) is 5.32 Å². The molecular formula is C14H18BrN3O. The lowest BCUT2D eigenvalue weighted by atomic mass is 10.1. The largest absolute Gasteiger partial charge is 0.365 e. The van der Waals surface area contributed by atoms with Crippen molar-refractivity contribution in [2.24, 2.45) is 0 Å². The molecule has 1 aliphatic heterocycles. The van der Waals surface area contributed by atoms with Gasteiger partial charge in [0.2, 0.25) is 0 Å². The molecule has 0 amide bonds. The number of ether oxygens (including phenoxy) is 1. The van der Waals surface area contributed by atoms with E-state index in [0.29, 0.717) is 19.2 Å². The first-order valence-corrected chi connectivity index (χ1v) is 7.18. The molecule has 2 unspecified atom stereocenters. The van der Waals surface area contributed by atoms with Crippen molar-refractivity contribution < 1.29 is 4.74 Å². The zero-order valence-electron chi connectivity index (χ0n) is 11.2. The van der Waals surface area contributed by atoms with Gasteiger partial charge in [0.25, 0.3) is 0 Å². The summed E-state index contributed by atoms with van der Waals surface area (Å²) in [6.07, 6.45) is -0.337. The van der Waals surface area contributed by atoms with Crippen molar-refractivity contribution in [3.8, 4) is 6.07 Å². The monoisotopic (exact) mass is 323 g/mol. The zero-order valence-corrected chi connectivity index (χ0v) is 12.8. The summed E-state index contributed by atoms with van der Waals surface area (Å²) in [4.78, 5) is 2.19. The molecule has 0 saturated carbocycles. The first-order chi connectivity index (χ1) is 9.15. The van der Waals surface area contributed by atoms with Crippen LogP contribution >= 0.6 is 15.9 Å². The van der Waals surface area contributed by atoms with Crippen LogP contribution in [0.5, 0.6) is 0 Å². The molecule has 1 aromatic rings. The molecule has 0 aromatic heterocycles. The quantitative estimate of drug-likeness (QED) is 0.928. The summed E-state index contributed by atoms with van der Waals surface area (Å²) in [7, 11) is 1.95. The Morgan fingerprint density at radius 3 is 3.00 bits per heavy atom. The Balaban J connectivity index is 2.19. The molecule has 1 aromatic carbocycles. The van der Waals surface area contributed by atoms with Gasteiger partial charge in [-0.25, -0.2) is 0 Å². The second-order valence-electron chi connectivity index (χ2n) is 4.66. The van der Waals surface area contributed by atoms with Gasteiger partial charge in [-0.2, -0.15) is 5.26 Å². The molecule has 1 N–H and O–H groups in total. The molecule has 0 radical (unpaired) electrons. The first kappa shape index (κ1) is 14.3. The predicted octanol–water partition coefficient (Wildman–Crippen LogP) is 2.46. The van der Waals surface area contributed by atoms with Gasteiger partial charge >= 0.3 is 0 Å². The fourth-order valence-corrected chi connectivity index (χ4v) is 2.81. The van der Waals surface area contributed by atoms with Crippen LogP contribution in [-0.2, 0) is 4.74 Å². The smallest absolute Gasteiger partial charge is 0.161 e. The van der Waals surface area contributed by atoms with Crippen LogP contribution in [0.25, 0.3) is 0 Å². The number of nitrogens with one attached hydrogen (secondary N) is 1. The molecule has 4 nitrogen and oxygen atoms in total. The van der Waals surface area contributed by atoms with Crippen LogP contribution < -0.4 is 10.2 Å². The lowest BCUT2D eigenvalue weighted by molar-refractivity contribution is 0.0764. The molecule has 1 saturated heterocycles. The summed E-state index contributed by atoms with van der Waals surface area (Å²) < 4.78 is 6.43. The van der Waals surface area contributed by atoms with E-state index in [0.717, 1.165) is 16.7 Å². The molecule has 0 bridgehead atoms. The molecule has 1 fully saturated rings. The summed E-state index contributed by atoms with van der Waals surface area (Å²) in [5.74, 6) is 0. The van der Waals surface area contributed by atoms with E-state index in [9.17, 15) is 0 Å². The van der Waals surface area contributed by atoms with E-state index >= 15 is 0 Å². The van der Waals surface area contributed by atoms with E-state index in [4.69, 9.17) is 10.00 Å². The number of nitriles is 1. The Morgan fingerprint density at radius 2 is 2.37 bits per heavy atom. The van der Waals surface area contributed by atoms with Crippen molar-refractivity contribution in [3.05, 3.63) is 28.2 Å². The number of rotatable bonds is 3. The maximum absolute atomic E-state index is 8.95. The summed E-state index contributed by atoms with van der Waals surface area (Å²) in [6, 6.07) is 8.85. The Hall–Kier alpha value is -1.09. The SMILES string of the molecule is CNC(C)c1ccc(N2CCOC(C#N)C2)c(Br)c1. The van der Waals surface area contributed by atoms with E-state index in [2.05, 4.69) is 57.3 Å². The molecule has 0 spiro atoms. The average molecular weight is 324 g/mol. The highest BCUT2D eigenvalue weighted by molar-refractivity contribution is 9.10. The van der Waals surface area contributed by atoms with E-state index in [1.807, 2.05) is 7.05 Å². The molecule has 2 atom stereocenters. The number of hydrogen-bond acceptors (Lipinski definition) is 4. The molecule has 1 heterocycles. The van der Waals surface area contributed by atoms with Crippen LogP contribution in [0.1, 0.15) is 18.5 Å². The number of halogens is 1. The summed E-state index contributed by atoms with van der Waals surface area (Å²) in [6.45, 7) is 4.16. The molecular weight excluding hydrogens is 306 g/mol. The number of anilines is 1. The standard InChI is InChI=1S/C14H18BrN3O/c1-10(17-2)11-3-4-14(13(15)7-11)18-5-6-19-12(8-16)9-18/h3-4,7,10,12,17H,5-6,9H2,1-2H3. The Morgan fingerprint density at radius 1 is 1.58 bits per heavy atom. The van der Waals surface area contributed by atoms with Crippen LogP contribution in [-0.4, -0.2) is 32.8 Å². The van der Waals surface area contributed by atoms with Gasteiger partial charge in [0.05, 0.1) is 24.9 Å². The van der Waals surface area contributed by atoms with Crippen LogP contribution in [0.3, 0.4) is 0 Å². The molecule has 2 rings (SSSR count). The van der Waals surface area contributed by atoms with Crippen molar-refractivity contribution in [3.63, 3.8) is 0 Å². The Kier molecular flexibility index (Phi) is 4.81. The van der Waals surface area contributed by atoms with Gasteiger partial charge in [-0.05, 0) is 47.6 Å². The fraction of sp³-hybridized carbons (Fsp3) is 0.500. The number of hydrogen-bond donors (Lipinski definition) is 1. The normalized spacial score (nSPS) is 20.9. The van der Waals surface area contributed by atoms with Gasteiger partial charge in [-0.3, -0.25) is 0 Å². The summed E-state index contributed by atoms with van der Waals surface area (Å²) >= 11 is 3.63. The predicted molar refractivity (Wildman–Crippen MR) is 79.2 cm³/mol. The highest BCUT2D eigenvalue weighted by atomic mass is 79.9. The summed E-state index contributed by atoms with van der Waals surface area (Å²) in [5, 5.41) is 12.2. The van der Waals surface area contributed by atoms with Crippen molar-refractivity contribution in [2.75, 3.05) is 31.6 Å². The molecule has 102 valence electrons. The van der Waals surface area contributed by atoms with Gasteiger partial charge in [0.15, 0.2) is 6.10 Å². The number of nitrogens with zero attached hydrogens (tertiary/aromatic N) is 2. The van der Waals surface area contributed by atoms with E-state index in [-0.39, 0.29) is 6.10 Å². The molecule has 1 aliphatic rings. The van der Waals surface area contributed by atoms with Gasteiger partial charge in [-0.1, -0.05) is 6.07 Å². The average Bonchev–Trinajstić information content (AvgIpc) is 2.46. The topological polar surface area (TPSA) is 48.3 Å². The number of morpholine rings is 1. The molecule has 5 heteroatoms. The molecule has 0 aliphatic carbocycles. The van der Waals surface area contributed by atoms with Crippen molar-refractivity contribution in [1.29, 1.82) is 5.26 Å². The minimum atomic E-state index is -0.337. The Bertz CT molecular complexity index is 486. The van der Waals surface area contributed by atoms with Gasteiger partial charge in [0.1, 0.15) is 0 Å². The fourth-order valence-electron chi connectivity index (χ4n) is 2.16. The third-order valence-electron chi connectivity index (χ3n) is 3.46. The highest BCUT2D eigenvalue weighted by Crippen LogP contribution is 2.30. The van der Waals surface area contributed by atoms with Gasteiger partial charge in [-0.15, -0.1) is 0 Å². The highest BCUT2D eigenvalue weighted by Gasteiger charge is 2.21. The second-order valence-corrected chi connectivity index (χ2v) is 5.51. The van der Waals surface area contributed by atoms with E-state index in [1.54, 1.807) is 0 Å². The zero-order chi connectivity index (χ0) is 13.8.